The van der Waals surface area contributed by atoms with Crippen molar-refractivity contribution in [2.45, 2.75) is 32.7 Å². The third-order valence-electron chi connectivity index (χ3n) is 2.64. The van der Waals surface area contributed by atoms with Gasteiger partial charge < -0.3 is 16.2 Å². The van der Waals surface area contributed by atoms with E-state index >= 15 is 0 Å². The van der Waals surface area contributed by atoms with E-state index in [1.807, 2.05) is 0 Å². The van der Waals surface area contributed by atoms with Crippen LogP contribution >= 0.6 is 23.5 Å². The van der Waals surface area contributed by atoms with Crippen LogP contribution in [-0.2, 0) is 24.0 Å². The molecule has 4 N–H and O–H groups in total. The zero-order chi connectivity index (χ0) is 18.0. The molecule has 0 radical (unpaired) electrons. The van der Waals surface area contributed by atoms with Gasteiger partial charge in [-0.3, -0.25) is 19.2 Å². The molecule has 0 fully saturated rings. The molecule has 2 amide bonds. The summed E-state index contributed by atoms with van der Waals surface area (Å²) >= 11 is 1.85. The largest absolute Gasteiger partial charge is 0.480 e. The van der Waals surface area contributed by atoms with Crippen molar-refractivity contribution in [3.05, 3.63) is 0 Å². The van der Waals surface area contributed by atoms with Gasteiger partial charge in [0.15, 0.2) is 10.2 Å². The van der Waals surface area contributed by atoms with E-state index in [0.29, 0.717) is 0 Å². The van der Waals surface area contributed by atoms with Crippen LogP contribution in [0.4, 0.5) is 0 Å². The maximum Gasteiger partial charge on any atom is 0.326 e. The Morgan fingerprint density at radius 2 is 1.52 bits per heavy atom. The van der Waals surface area contributed by atoms with E-state index in [9.17, 15) is 24.0 Å². The van der Waals surface area contributed by atoms with Crippen LogP contribution in [0.25, 0.3) is 0 Å². The van der Waals surface area contributed by atoms with Gasteiger partial charge in [-0.05, 0) is 6.42 Å². The molecule has 0 spiro atoms. The van der Waals surface area contributed by atoms with Crippen molar-refractivity contribution in [3.63, 3.8) is 0 Å². The van der Waals surface area contributed by atoms with E-state index in [1.54, 1.807) is 0 Å². The molecule has 0 unspecified atom stereocenters. The van der Waals surface area contributed by atoms with E-state index < -0.39 is 29.7 Å². The zero-order valence-electron chi connectivity index (χ0n) is 12.9. The number of amides is 2. The number of primary amides is 1. The summed E-state index contributed by atoms with van der Waals surface area (Å²) in [4.78, 5) is 56.1. The summed E-state index contributed by atoms with van der Waals surface area (Å²) in [5.41, 5.74) is 4.97. The van der Waals surface area contributed by atoms with Gasteiger partial charge in [0.1, 0.15) is 6.04 Å². The maximum atomic E-state index is 12.2. The predicted octanol–water partition coefficient (Wildman–Crippen LogP) is -0.00310. The number of hydrogen-bond donors (Lipinski definition) is 3. The standard InChI is InChI=1S/C13H20N2O6S2/c1-7(16)22-5-9(6-23-8(2)17)12(19)15-10(13(20)21)3-4-11(14)18/h9-10H,3-6H2,1-2H3,(H2,14,18)(H,15,19)(H,20,21)/t10-/m0/s1. The minimum absolute atomic E-state index is 0.122. The molecule has 0 aliphatic heterocycles. The Bertz CT molecular complexity index is 465. The van der Waals surface area contributed by atoms with Gasteiger partial charge in [0.2, 0.25) is 11.8 Å². The summed E-state index contributed by atoms with van der Waals surface area (Å²) in [7, 11) is 0. The maximum absolute atomic E-state index is 12.2. The van der Waals surface area contributed by atoms with E-state index in [4.69, 9.17) is 10.8 Å². The molecule has 0 saturated heterocycles. The lowest BCUT2D eigenvalue weighted by Crippen LogP contribution is -2.45. The zero-order valence-corrected chi connectivity index (χ0v) is 14.5. The van der Waals surface area contributed by atoms with Crippen LogP contribution in [0.5, 0.6) is 0 Å². The van der Waals surface area contributed by atoms with Crippen LogP contribution in [-0.4, -0.2) is 50.7 Å². The quantitative estimate of drug-likeness (QED) is 0.491. The summed E-state index contributed by atoms with van der Waals surface area (Å²) in [5, 5.41) is 11.0. The van der Waals surface area contributed by atoms with Gasteiger partial charge in [-0.1, -0.05) is 23.5 Å². The molecule has 10 heteroatoms. The minimum atomic E-state index is -1.28. The van der Waals surface area contributed by atoms with Crippen molar-refractivity contribution >= 4 is 51.5 Å². The fourth-order valence-corrected chi connectivity index (χ4v) is 3.03. The number of nitrogens with two attached hydrogens (primary N) is 1. The molecule has 23 heavy (non-hydrogen) atoms. The van der Waals surface area contributed by atoms with Gasteiger partial charge in [-0.15, -0.1) is 0 Å². The highest BCUT2D eigenvalue weighted by Gasteiger charge is 2.26. The van der Waals surface area contributed by atoms with Crippen LogP contribution in [0, 0.1) is 5.92 Å². The highest BCUT2D eigenvalue weighted by atomic mass is 32.2. The number of thioether (sulfide) groups is 2. The molecule has 0 aliphatic carbocycles. The lowest BCUT2D eigenvalue weighted by Gasteiger charge is -2.19. The summed E-state index contributed by atoms with van der Waals surface area (Å²) < 4.78 is 0. The number of rotatable bonds is 10. The smallest absolute Gasteiger partial charge is 0.326 e. The molecular formula is C13H20N2O6S2. The summed E-state index contributed by atoms with van der Waals surface area (Å²) in [6, 6.07) is -1.25. The highest BCUT2D eigenvalue weighted by molar-refractivity contribution is 8.14. The topological polar surface area (TPSA) is 144 Å². The lowest BCUT2D eigenvalue weighted by atomic mass is 10.1. The first-order valence-electron chi connectivity index (χ1n) is 6.71. The Labute approximate surface area is 142 Å². The second kappa shape index (κ2) is 11.1. The number of aliphatic carboxylic acids is 1. The van der Waals surface area contributed by atoms with Crippen molar-refractivity contribution in [1.82, 2.24) is 5.32 Å². The molecule has 1 atom stereocenters. The van der Waals surface area contributed by atoms with Crippen molar-refractivity contribution in [2.75, 3.05) is 11.5 Å². The third kappa shape index (κ3) is 10.7. The number of carbonyl (C=O) groups is 5. The molecule has 0 aliphatic rings. The van der Waals surface area contributed by atoms with Gasteiger partial charge in [0.25, 0.3) is 0 Å². The van der Waals surface area contributed by atoms with Crippen molar-refractivity contribution in [1.29, 1.82) is 0 Å². The number of carboxylic acid groups (broad SMARTS) is 1. The fourth-order valence-electron chi connectivity index (χ4n) is 1.47. The van der Waals surface area contributed by atoms with Gasteiger partial charge in [0, 0.05) is 31.8 Å². The third-order valence-corrected chi connectivity index (χ3v) is 4.59. The van der Waals surface area contributed by atoms with Crippen molar-refractivity contribution in [3.8, 4) is 0 Å². The Morgan fingerprint density at radius 3 is 1.87 bits per heavy atom. The number of nitrogens with one attached hydrogen (secondary N) is 1. The second-order valence-corrected chi connectivity index (χ2v) is 7.10. The second-order valence-electron chi connectivity index (χ2n) is 4.71. The van der Waals surface area contributed by atoms with Crippen LogP contribution in [0.15, 0.2) is 0 Å². The Balaban J connectivity index is 4.79. The van der Waals surface area contributed by atoms with Gasteiger partial charge >= 0.3 is 5.97 Å². The SMILES string of the molecule is CC(=O)SCC(CSC(C)=O)C(=O)N[C@@H](CCC(N)=O)C(=O)O. The number of hydrogen-bond acceptors (Lipinski definition) is 7. The van der Waals surface area contributed by atoms with Crippen molar-refractivity contribution in [2.24, 2.45) is 11.7 Å². The molecule has 0 aromatic rings. The summed E-state index contributed by atoms with van der Waals surface area (Å²) in [6.45, 7) is 2.70. The minimum Gasteiger partial charge on any atom is -0.480 e. The normalized spacial score (nSPS) is 11.8. The first-order valence-corrected chi connectivity index (χ1v) is 8.68. The number of carboxylic acids is 1. The molecule has 0 rings (SSSR count). The van der Waals surface area contributed by atoms with Gasteiger partial charge in [-0.25, -0.2) is 4.79 Å². The molecule has 0 aromatic heterocycles. The first kappa shape index (κ1) is 21.4. The Hall–Kier alpha value is -1.55. The first-order chi connectivity index (χ1) is 10.6. The van der Waals surface area contributed by atoms with E-state index in [2.05, 4.69) is 5.32 Å². The van der Waals surface area contributed by atoms with Gasteiger partial charge in [0.05, 0.1) is 5.92 Å². The fraction of sp³-hybridized carbons (Fsp3) is 0.615. The Kier molecular flexibility index (Phi) is 10.3. The molecular weight excluding hydrogens is 344 g/mol. The van der Waals surface area contributed by atoms with E-state index in [1.165, 1.54) is 13.8 Å². The molecule has 130 valence electrons. The van der Waals surface area contributed by atoms with Crippen LogP contribution in [0.1, 0.15) is 26.7 Å². The molecule has 0 heterocycles. The predicted molar refractivity (Wildman–Crippen MR) is 87.8 cm³/mol. The Morgan fingerprint density at radius 1 is 1.04 bits per heavy atom. The van der Waals surface area contributed by atoms with Crippen LogP contribution in [0.3, 0.4) is 0 Å². The van der Waals surface area contributed by atoms with Crippen LogP contribution < -0.4 is 11.1 Å². The molecule has 0 aromatic carbocycles. The lowest BCUT2D eigenvalue weighted by molar-refractivity contribution is -0.142. The highest BCUT2D eigenvalue weighted by Crippen LogP contribution is 2.17. The summed E-state index contributed by atoms with van der Waals surface area (Å²) in [5.74, 6) is -2.94. The number of carbonyl (C=O) groups excluding carboxylic acids is 4. The van der Waals surface area contributed by atoms with E-state index in [-0.39, 0.29) is 34.6 Å². The summed E-state index contributed by atoms with van der Waals surface area (Å²) in [6.07, 6.45) is -0.296. The average Bonchev–Trinajstić information content (AvgIpc) is 2.41. The molecule has 0 saturated carbocycles. The van der Waals surface area contributed by atoms with Gasteiger partial charge in [-0.2, -0.15) is 0 Å². The molecule has 8 nitrogen and oxygen atoms in total. The van der Waals surface area contributed by atoms with Crippen LogP contribution in [0.2, 0.25) is 0 Å². The molecule has 0 bridgehead atoms. The van der Waals surface area contributed by atoms with Crippen molar-refractivity contribution < 1.29 is 29.1 Å². The average molecular weight is 364 g/mol. The monoisotopic (exact) mass is 364 g/mol. The van der Waals surface area contributed by atoms with E-state index in [0.717, 1.165) is 23.5 Å².